The largest absolute Gasteiger partial charge is 0.385 e. The van der Waals surface area contributed by atoms with Crippen LogP contribution in [-0.2, 0) is 6.42 Å². The van der Waals surface area contributed by atoms with Crippen molar-refractivity contribution >= 4 is 21.6 Å². The van der Waals surface area contributed by atoms with E-state index in [1.54, 1.807) is 0 Å². The normalized spacial score (nSPS) is 9.92. The number of nitrogens with one attached hydrogen (secondary N) is 1. The van der Waals surface area contributed by atoms with Gasteiger partial charge in [-0.15, -0.1) is 0 Å². The van der Waals surface area contributed by atoms with Crippen molar-refractivity contribution in [3.63, 3.8) is 0 Å². The third kappa shape index (κ3) is 2.24. The average Bonchev–Trinajstić information content (AvgIpc) is 2.08. The molecule has 0 amide bonds. The minimum absolute atomic E-state index is 0.981. The molecule has 0 bridgehead atoms. The first-order valence-electron chi connectivity index (χ1n) is 4.30. The van der Waals surface area contributed by atoms with Gasteiger partial charge in [0, 0.05) is 16.7 Å². The fourth-order valence-corrected chi connectivity index (χ4v) is 1.63. The molecule has 0 fully saturated rings. The van der Waals surface area contributed by atoms with E-state index >= 15 is 0 Å². The molecule has 1 aromatic rings. The quantitative estimate of drug-likeness (QED) is 0.835. The van der Waals surface area contributed by atoms with Crippen molar-refractivity contribution in [1.29, 1.82) is 0 Å². The summed E-state index contributed by atoms with van der Waals surface area (Å²) >= 11 is 3.46. The second-order valence-corrected chi connectivity index (χ2v) is 3.60. The number of halogens is 1. The number of hydrogen-bond donors (Lipinski definition) is 1. The number of hydrogen-bond acceptors (Lipinski definition) is 1. The summed E-state index contributed by atoms with van der Waals surface area (Å²) < 4.78 is 1.15. The van der Waals surface area contributed by atoms with E-state index in [0.717, 1.165) is 17.4 Å². The molecule has 0 saturated heterocycles. The van der Waals surface area contributed by atoms with Crippen LogP contribution in [0.2, 0.25) is 0 Å². The van der Waals surface area contributed by atoms with Gasteiger partial charge in [-0.3, -0.25) is 0 Å². The van der Waals surface area contributed by atoms with Crippen molar-refractivity contribution in [2.45, 2.75) is 20.3 Å². The Labute approximate surface area is 82.3 Å². The van der Waals surface area contributed by atoms with Gasteiger partial charge in [0.05, 0.1) is 0 Å². The SMILES string of the molecule is CCNc1ccc(Br)cc1CC. The predicted octanol–water partition coefficient (Wildman–Crippen LogP) is 3.44. The molecular formula is C10H14BrN. The van der Waals surface area contributed by atoms with Gasteiger partial charge in [-0.1, -0.05) is 22.9 Å². The molecule has 1 nitrogen and oxygen atoms in total. The minimum Gasteiger partial charge on any atom is -0.385 e. The standard InChI is InChI=1S/C10H14BrN/c1-3-8-7-9(11)5-6-10(8)12-4-2/h5-7,12H,3-4H2,1-2H3. The molecule has 0 heterocycles. The van der Waals surface area contributed by atoms with Crippen LogP contribution < -0.4 is 5.32 Å². The molecule has 0 aliphatic carbocycles. The van der Waals surface area contributed by atoms with E-state index in [2.05, 4.69) is 53.3 Å². The summed E-state index contributed by atoms with van der Waals surface area (Å²) in [7, 11) is 0. The molecule has 0 radical (unpaired) electrons. The van der Waals surface area contributed by atoms with Crippen LogP contribution in [0.1, 0.15) is 19.4 Å². The van der Waals surface area contributed by atoms with Crippen molar-refractivity contribution < 1.29 is 0 Å². The van der Waals surface area contributed by atoms with Crippen LogP contribution in [0.5, 0.6) is 0 Å². The Morgan fingerprint density at radius 3 is 2.67 bits per heavy atom. The van der Waals surface area contributed by atoms with E-state index in [0.29, 0.717) is 0 Å². The molecule has 2 heteroatoms. The molecule has 0 spiro atoms. The van der Waals surface area contributed by atoms with Gasteiger partial charge in [0.1, 0.15) is 0 Å². The zero-order valence-corrected chi connectivity index (χ0v) is 9.11. The Morgan fingerprint density at radius 1 is 1.33 bits per heavy atom. The van der Waals surface area contributed by atoms with Crippen molar-refractivity contribution in [2.75, 3.05) is 11.9 Å². The van der Waals surface area contributed by atoms with Crippen LogP contribution in [0.25, 0.3) is 0 Å². The van der Waals surface area contributed by atoms with Crippen molar-refractivity contribution in [1.82, 2.24) is 0 Å². The number of rotatable bonds is 3. The van der Waals surface area contributed by atoms with Gasteiger partial charge in [0.15, 0.2) is 0 Å². The van der Waals surface area contributed by atoms with Crippen molar-refractivity contribution in [3.05, 3.63) is 28.2 Å². The summed E-state index contributed by atoms with van der Waals surface area (Å²) in [5.74, 6) is 0. The van der Waals surface area contributed by atoms with E-state index in [1.165, 1.54) is 11.3 Å². The molecular weight excluding hydrogens is 214 g/mol. The Morgan fingerprint density at radius 2 is 2.08 bits per heavy atom. The van der Waals surface area contributed by atoms with E-state index in [4.69, 9.17) is 0 Å². The van der Waals surface area contributed by atoms with E-state index < -0.39 is 0 Å². The molecule has 0 aliphatic rings. The van der Waals surface area contributed by atoms with E-state index in [-0.39, 0.29) is 0 Å². The Bertz CT molecular complexity index is 258. The molecule has 1 aromatic carbocycles. The topological polar surface area (TPSA) is 12.0 Å². The smallest absolute Gasteiger partial charge is 0.0373 e. The Balaban J connectivity index is 2.94. The zero-order chi connectivity index (χ0) is 8.97. The highest BCUT2D eigenvalue weighted by molar-refractivity contribution is 9.10. The second-order valence-electron chi connectivity index (χ2n) is 2.69. The van der Waals surface area contributed by atoms with Crippen molar-refractivity contribution in [3.8, 4) is 0 Å². The lowest BCUT2D eigenvalue weighted by Gasteiger charge is -2.08. The maximum absolute atomic E-state index is 3.46. The molecule has 0 saturated carbocycles. The van der Waals surface area contributed by atoms with Gasteiger partial charge in [-0.2, -0.15) is 0 Å². The summed E-state index contributed by atoms with van der Waals surface area (Å²) in [6.45, 7) is 5.26. The molecule has 1 rings (SSSR count). The molecule has 0 unspecified atom stereocenters. The highest BCUT2D eigenvalue weighted by atomic mass is 79.9. The molecule has 66 valence electrons. The van der Waals surface area contributed by atoms with Crippen LogP contribution in [0.4, 0.5) is 5.69 Å². The Kier molecular flexibility index (Phi) is 3.60. The second kappa shape index (κ2) is 4.51. The lowest BCUT2D eigenvalue weighted by Crippen LogP contribution is -1.99. The van der Waals surface area contributed by atoms with Gasteiger partial charge in [-0.05, 0) is 37.1 Å². The van der Waals surface area contributed by atoms with E-state index in [9.17, 15) is 0 Å². The molecule has 12 heavy (non-hydrogen) atoms. The van der Waals surface area contributed by atoms with Gasteiger partial charge >= 0.3 is 0 Å². The lowest BCUT2D eigenvalue weighted by molar-refractivity contribution is 1.11. The number of anilines is 1. The monoisotopic (exact) mass is 227 g/mol. The average molecular weight is 228 g/mol. The third-order valence-electron chi connectivity index (χ3n) is 1.82. The first-order chi connectivity index (χ1) is 5.77. The summed E-state index contributed by atoms with van der Waals surface area (Å²) in [5, 5.41) is 3.33. The highest BCUT2D eigenvalue weighted by Gasteiger charge is 1.98. The molecule has 1 N–H and O–H groups in total. The first-order valence-corrected chi connectivity index (χ1v) is 5.09. The molecule has 0 aromatic heterocycles. The minimum atomic E-state index is 0.981. The summed E-state index contributed by atoms with van der Waals surface area (Å²) in [6.07, 6.45) is 1.07. The highest BCUT2D eigenvalue weighted by Crippen LogP contribution is 2.21. The van der Waals surface area contributed by atoms with E-state index in [1.807, 2.05) is 0 Å². The van der Waals surface area contributed by atoms with Crippen LogP contribution in [0, 0.1) is 0 Å². The Hall–Kier alpha value is -0.500. The first kappa shape index (κ1) is 9.59. The third-order valence-corrected chi connectivity index (χ3v) is 2.31. The maximum Gasteiger partial charge on any atom is 0.0373 e. The molecule has 0 aliphatic heterocycles. The van der Waals surface area contributed by atoms with Gasteiger partial charge in [0.2, 0.25) is 0 Å². The number of benzene rings is 1. The summed E-state index contributed by atoms with van der Waals surface area (Å²) in [4.78, 5) is 0. The van der Waals surface area contributed by atoms with Crippen LogP contribution in [0.3, 0.4) is 0 Å². The number of aryl methyl sites for hydroxylation is 1. The van der Waals surface area contributed by atoms with Crippen LogP contribution in [0.15, 0.2) is 22.7 Å². The van der Waals surface area contributed by atoms with Gasteiger partial charge < -0.3 is 5.32 Å². The van der Waals surface area contributed by atoms with Crippen LogP contribution >= 0.6 is 15.9 Å². The zero-order valence-electron chi connectivity index (χ0n) is 7.52. The van der Waals surface area contributed by atoms with Gasteiger partial charge in [0.25, 0.3) is 0 Å². The van der Waals surface area contributed by atoms with Crippen molar-refractivity contribution in [2.24, 2.45) is 0 Å². The summed E-state index contributed by atoms with van der Waals surface area (Å²) in [6, 6.07) is 6.35. The van der Waals surface area contributed by atoms with Gasteiger partial charge in [-0.25, -0.2) is 0 Å². The fraction of sp³-hybridized carbons (Fsp3) is 0.400. The maximum atomic E-state index is 3.46. The predicted molar refractivity (Wildman–Crippen MR) is 57.7 cm³/mol. The van der Waals surface area contributed by atoms with Crippen LogP contribution in [-0.4, -0.2) is 6.54 Å². The summed E-state index contributed by atoms with van der Waals surface area (Å²) in [5.41, 5.74) is 2.62. The lowest BCUT2D eigenvalue weighted by atomic mass is 10.1. The fourth-order valence-electron chi connectivity index (χ4n) is 1.22. The molecule has 0 atom stereocenters.